The van der Waals surface area contributed by atoms with E-state index in [1.54, 1.807) is 0 Å². The zero-order valence-corrected chi connectivity index (χ0v) is 22.6. The number of rotatable bonds is 6. The molecule has 7 rings (SSSR count). The molecule has 0 spiro atoms. The second-order valence-corrected chi connectivity index (χ2v) is 16.8. The first-order valence-corrected chi connectivity index (χ1v) is 15.6. The van der Waals surface area contributed by atoms with E-state index < -0.39 is 99.9 Å². The van der Waals surface area contributed by atoms with E-state index in [4.69, 9.17) is 0 Å². The van der Waals surface area contributed by atoms with Crippen LogP contribution in [-0.2, 0) is 38.9 Å². The fourth-order valence-corrected chi connectivity index (χ4v) is 12.2. The van der Waals surface area contributed by atoms with Crippen molar-refractivity contribution in [2.24, 2.45) is 20.7 Å². The minimum atomic E-state index is -4.09. The summed E-state index contributed by atoms with van der Waals surface area (Å²) in [6.45, 7) is 1.80. The van der Waals surface area contributed by atoms with Crippen LogP contribution in [0.15, 0.2) is 20.7 Å². The normalized spacial score (nSPS) is 46.4. The third-order valence-corrected chi connectivity index (χ3v) is 15.3. The Morgan fingerprint density at radius 2 is 1.12 bits per heavy atom. The number of hydrogen-bond donors (Lipinski definition) is 2. The van der Waals surface area contributed by atoms with Crippen LogP contribution in [0, 0.1) is 0 Å². The number of hydrogen-bond acceptors (Lipinski definition) is 14. The summed E-state index contributed by atoms with van der Waals surface area (Å²) >= 11 is 0. The van der Waals surface area contributed by atoms with Crippen LogP contribution in [0.25, 0.3) is 0 Å². The molecule has 2 N–H and O–H groups in total. The van der Waals surface area contributed by atoms with Crippen LogP contribution in [0.3, 0.4) is 0 Å². The number of amides is 2. The van der Waals surface area contributed by atoms with Gasteiger partial charge >= 0.3 is 11.9 Å². The number of nitrogens with zero attached hydrogens (tertiary/aromatic N) is 8. The van der Waals surface area contributed by atoms with Crippen molar-refractivity contribution in [1.29, 1.82) is 0 Å². The Morgan fingerprint density at radius 3 is 1.43 bits per heavy atom. The second-order valence-electron chi connectivity index (χ2n) is 11.7. The topological polar surface area (TPSA) is 239 Å². The van der Waals surface area contributed by atoms with E-state index in [-0.39, 0.29) is 25.9 Å². The van der Waals surface area contributed by atoms with E-state index in [9.17, 15) is 46.2 Å². The lowest BCUT2D eigenvalue weighted by molar-refractivity contribution is -0.158. The van der Waals surface area contributed by atoms with Crippen molar-refractivity contribution < 1.29 is 46.2 Å². The Labute approximate surface area is 226 Å². The molecule has 10 atom stereocenters. The second kappa shape index (κ2) is 7.25. The highest BCUT2D eigenvalue weighted by Crippen LogP contribution is 2.51. The van der Waals surface area contributed by atoms with Gasteiger partial charge in [-0.3, -0.25) is 19.6 Å². The third kappa shape index (κ3) is 2.60. The highest BCUT2D eigenvalue weighted by molar-refractivity contribution is 7.94. The van der Waals surface area contributed by atoms with Crippen molar-refractivity contribution in [3.05, 3.63) is 0 Å². The summed E-state index contributed by atoms with van der Waals surface area (Å²) in [7, 11) is -8.18. The Morgan fingerprint density at radius 1 is 0.775 bits per heavy atom. The van der Waals surface area contributed by atoms with Crippen LogP contribution in [0.5, 0.6) is 0 Å². The maximum absolute atomic E-state index is 13.3. The van der Waals surface area contributed by atoms with Gasteiger partial charge in [-0.15, -0.1) is 0 Å². The Kier molecular flexibility index (Phi) is 4.63. The van der Waals surface area contributed by atoms with Crippen LogP contribution in [0.4, 0.5) is 0 Å². The van der Waals surface area contributed by atoms with E-state index in [2.05, 4.69) is 20.7 Å². The lowest BCUT2D eigenvalue weighted by atomic mass is 9.75. The Bertz CT molecular complexity index is 1460. The van der Waals surface area contributed by atoms with Crippen LogP contribution >= 0.6 is 0 Å². The summed E-state index contributed by atoms with van der Waals surface area (Å²) in [5.41, 5.74) is 0. The number of carboxylic acids is 2. The SMILES string of the molecule is C[C@]1(CN2N=NC3C2C2N=NN(C[C@@]4(C)[C@H](C(=O)O)N5C(=O)C[C@H]5S4(=O)=O)C32)[C@H](C(=O)O)N2C(=O)CC2S1(=O)=O. The first-order chi connectivity index (χ1) is 18.6. The first kappa shape index (κ1) is 25.5. The van der Waals surface area contributed by atoms with Crippen LogP contribution in [-0.4, -0.2) is 140 Å². The predicted molar refractivity (Wildman–Crippen MR) is 126 cm³/mol. The number of aliphatic carboxylic acids is 2. The average molecular weight is 601 g/mol. The molecule has 1 aliphatic carbocycles. The predicted octanol–water partition coefficient (Wildman–Crippen LogP) is -2.76. The van der Waals surface area contributed by atoms with E-state index in [1.807, 2.05) is 0 Å². The summed E-state index contributed by atoms with van der Waals surface area (Å²) in [5, 5.41) is 36.6. The van der Waals surface area contributed by atoms with Crippen molar-refractivity contribution in [2.45, 2.75) is 83.2 Å². The molecule has 0 radical (unpaired) electrons. The summed E-state index contributed by atoms with van der Waals surface area (Å²) < 4.78 is 49.5. The summed E-state index contributed by atoms with van der Waals surface area (Å²) in [6, 6.07) is -5.69. The molecule has 216 valence electrons. The number of sulfone groups is 2. The van der Waals surface area contributed by atoms with Gasteiger partial charge < -0.3 is 20.0 Å². The quantitative estimate of drug-likeness (QED) is 0.295. The van der Waals surface area contributed by atoms with Gasteiger partial charge in [0.1, 0.15) is 44.4 Å². The minimum absolute atomic E-state index is 0.286. The third-order valence-electron chi connectivity index (χ3n) is 9.73. The van der Waals surface area contributed by atoms with Gasteiger partial charge in [0, 0.05) is 0 Å². The maximum Gasteiger partial charge on any atom is 0.328 e. The standard InChI is InChI=1S/C20H24N8O10S2/c1-19(15(17(31)32)27-7(29)3-9(27)39(19,35)36)5-25-13-11(21-23-25)14-12(13)22-24-26(14)6-20(2)16(18(33)34)28-8(30)4-10(28)40(20,37)38/h9-16H,3-6H2,1-2H3,(H,31,32)(H,33,34)/t9-,10?,11?,12?,13?,14?,15+,16+,19+,20+/m1/s1. The monoisotopic (exact) mass is 600 g/mol. The van der Waals surface area contributed by atoms with E-state index in [0.717, 1.165) is 9.80 Å². The fraction of sp³-hybridized carbons (Fsp3) is 0.800. The summed E-state index contributed by atoms with van der Waals surface area (Å²) in [5.74, 6) is -4.02. The van der Waals surface area contributed by atoms with Gasteiger partial charge in [0.25, 0.3) is 0 Å². The number of fused-ring (bicyclic) bond motifs is 6. The van der Waals surface area contributed by atoms with Crippen molar-refractivity contribution in [1.82, 2.24) is 19.8 Å². The Balaban J connectivity index is 1.13. The molecule has 7 aliphatic rings. The van der Waals surface area contributed by atoms with E-state index >= 15 is 0 Å². The molecule has 1 saturated carbocycles. The molecule has 6 aliphatic heterocycles. The van der Waals surface area contributed by atoms with Crippen molar-refractivity contribution in [3.63, 3.8) is 0 Å². The number of carboxylic acid groups (broad SMARTS) is 2. The molecule has 5 unspecified atom stereocenters. The van der Waals surface area contributed by atoms with Gasteiger partial charge in [-0.2, -0.15) is 10.2 Å². The van der Waals surface area contributed by atoms with Crippen molar-refractivity contribution in [3.8, 4) is 0 Å². The smallest absolute Gasteiger partial charge is 0.328 e. The highest BCUT2D eigenvalue weighted by Gasteiger charge is 2.74. The molecule has 40 heavy (non-hydrogen) atoms. The van der Waals surface area contributed by atoms with Gasteiger partial charge in [-0.1, -0.05) is 10.4 Å². The molecular formula is C20H24N8O10S2. The lowest BCUT2D eigenvalue weighted by Gasteiger charge is -2.47. The largest absolute Gasteiger partial charge is 0.480 e. The number of carbonyl (C=O) groups is 4. The molecule has 6 heterocycles. The first-order valence-electron chi connectivity index (χ1n) is 12.5. The van der Waals surface area contributed by atoms with Crippen LogP contribution in [0.1, 0.15) is 26.7 Å². The molecule has 0 bridgehead atoms. The molecule has 4 saturated heterocycles. The van der Waals surface area contributed by atoms with Crippen LogP contribution in [0.2, 0.25) is 0 Å². The summed E-state index contributed by atoms with van der Waals surface area (Å²) in [6.07, 6.45) is -0.571. The summed E-state index contributed by atoms with van der Waals surface area (Å²) in [4.78, 5) is 50.2. The zero-order chi connectivity index (χ0) is 28.9. The molecule has 0 aromatic rings. The lowest BCUT2D eigenvalue weighted by Crippen LogP contribution is -2.70. The van der Waals surface area contributed by atoms with E-state index in [0.29, 0.717) is 0 Å². The molecule has 18 nitrogen and oxygen atoms in total. The maximum atomic E-state index is 13.3. The average Bonchev–Trinajstić information content (AvgIpc) is 3.42. The van der Waals surface area contributed by atoms with Gasteiger partial charge in [0.05, 0.1) is 25.9 Å². The Hall–Kier alpha value is -3.42. The number of β-lactam (4-membered cyclic amide) rings is 2. The van der Waals surface area contributed by atoms with Gasteiger partial charge in [0.15, 0.2) is 31.8 Å². The van der Waals surface area contributed by atoms with Crippen LogP contribution < -0.4 is 0 Å². The van der Waals surface area contributed by atoms with Crippen molar-refractivity contribution >= 4 is 43.4 Å². The fourth-order valence-electron chi connectivity index (χ4n) is 7.51. The van der Waals surface area contributed by atoms with Gasteiger partial charge in [0.2, 0.25) is 11.8 Å². The zero-order valence-electron chi connectivity index (χ0n) is 21.0. The molecular weight excluding hydrogens is 576 g/mol. The minimum Gasteiger partial charge on any atom is -0.480 e. The highest BCUT2D eigenvalue weighted by atomic mass is 32.2. The van der Waals surface area contributed by atoms with Gasteiger partial charge in [-0.25, -0.2) is 26.4 Å². The van der Waals surface area contributed by atoms with Gasteiger partial charge in [-0.05, 0) is 13.8 Å². The molecule has 5 fully saturated rings. The molecule has 20 heteroatoms. The molecule has 0 aromatic heterocycles. The number of carbonyl (C=O) groups excluding carboxylic acids is 2. The molecule has 0 aromatic carbocycles. The van der Waals surface area contributed by atoms with Crippen molar-refractivity contribution in [2.75, 3.05) is 13.1 Å². The van der Waals surface area contributed by atoms with E-state index in [1.165, 1.54) is 23.9 Å². The molecule has 2 amide bonds.